The Labute approximate surface area is 101 Å². The number of amides is 1. The van der Waals surface area contributed by atoms with Crippen molar-refractivity contribution in [2.45, 2.75) is 19.9 Å². The average molecular weight is 238 g/mol. The molecule has 1 aliphatic heterocycles. The maximum atomic E-state index is 11.7. The van der Waals surface area contributed by atoms with Gasteiger partial charge in [0.25, 0.3) is 0 Å². The van der Waals surface area contributed by atoms with Crippen LogP contribution >= 0.6 is 11.6 Å². The number of aryl methyl sites for hydroxylation is 1. The van der Waals surface area contributed by atoms with Crippen molar-refractivity contribution in [3.05, 3.63) is 35.4 Å². The van der Waals surface area contributed by atoms with Gasteiger partial charge in [0, 0.05) is 25.4 Å². The SMILES string of the molecule is Cc1ccc(CN2CC(CCl)CC2=O)cc1. The Kier molecular flexibility index (Phi) is 3.49. The highest BCUT2D eigenvalue weighted by atomic mass is 35.5. The van der Waals surface area contributed by atoms with Gasteiger partial charge in [0.05, 0.1) is 0 Å². The predicted octanol–water partition coefficient (Wildman–Crippen LogP) is 2.58. The van der Waals surface area contributed by atoms with Gasteiger partial charge in [0.1, 0.15) is 0 Å². The summed E-state index contributed by atoms with van der Waals surface area (Å²) in [5, 5.41) is 0. The number of likely N-dealkylation sites (tertiary alicyclic amines) is 1. The largest absolute Gasteiger partial charge is 0.338 e. The summed E-state index contributed by atoms with van der Waals surface area (Å²) in [6.07, 6.45) is 0.607. The molecule has 3 heteroatoms. The summed E-state index contributed by atoms with van der Waals surface area (Å²) >= 11 is 5.78. The lowest BCUT2D eigenvalue weighted by Crippen LogP contribution is -2.24. The van der Waals surface area contributed by atoms with Crippen LogP contribution in [0.3, 0.4) is 0 Å². The second-order valence-corrected chi connectivity index (χ2v) is 4.79. The van der Waals surface area contributed by atoms with Gasteiger partial charge in [-0.05, 0) is 18.4 Å². The standard InChI is InChI=1S/C13H16ClNO/c1-10-2-4-11(5-3-10)8-15-9-12(7-14)6-13(15)16/h2-5,12H,6-9H2,1H3. The van der Waals surface area contributed by atoms with Crippen LogP contribution in [0.15, 0.2) is 24.3 Å². The fourth-order valence-electron chi connectivity index (χ4n) is 2.02. The lowest BCUT2D eigenvalue weighted by molar-refractivity contribution is -0.128. The molecule has 0 bridgehead atoms. The number of hydrogen-bond donors (Lipinski definition) is 0. The molecule has 1 aliphatic rings. The Morgan fingerprint density at radius 3 is 2.62 bits per heavy atom. The molecule has 1 aromatic carbocycles. The third kappa shape index (κ3) is 2.56. The number of nitrogens with zero attached hydrogens (tertiary/aromatic N) is 1. The van der Waals surface area contributed by atoms with Crippen molar-refractivity contribution >= 4 is 17.5 Å². The molecule has 0 aromatic heterocycles. The minimum atomic E-state index is 0.228. The van der Waals surface area contributed by atoms with Crippen LogP contribution in [0.5, 0.6) is 0 Å². The van der Waals surface area contributed by atoms with Gasteiger partial charge in [-0.3, -0.25) is 4.79 Å². The van der Waals surface area contributed by atoms with Crippen molar-refractivity contribution in [3.63, 3.8) is 0 Å². The summed E-state index contributed by atoms with van der Waals surface area (Å²) in [4.78, 5) is 13.6. The van der Waals surface area contributed by atoms with Crippen LogP contribution in [0.1, 0.15) is 17.5 Å². The van der Waals surface area contributed by atoms with E-state index in [9.17, 15) is 4.79 Å². The van der Waals surface area contributed by atoms with E-state index < -0.39 is 0 Å². The lowest BCUT2D eigenvalue weighted by atomic mass is 10.1. The summed E-state index contributed by atoms with van der Waals surface area (Å²) in [7, 11) is 0. The van der Waals surface area contributed by atoms with Crippen molar-refractivity contribution in [1.29, 1.82) is 0 Å². The molecule has 1 atom stereocenters. The molecule has 16 heavy (non-hydrogen) atoms. The molecule has 0 saturated carbocycles. The number of benzene rings is 1. The Balaban J connectivity index is 2.00. The predicted molar refractivity (Wildman–Crippen MR) is 65.4 cm³/mol. The molecule has 0 spiro atoms. The van der Waals surface area contributed by atoms with Crippen LogP contribution in [0.4, 0.5) is 0 Å². The first kappa shape index (κ1) is 11.5. The van der Waals surface area contributed by atoms with E-state index in [4.69, 9.17) is 11.6 Å². The lowest BCUT2D eigenvalue weighted by Gasteiger charge is -2.16. The van der Waals surface area contributed by atoms with Crippen LogP contribution in [0.25, 0.3) is 0 Å². The van der Waals surface area contributed by atoms with Crippen LogP contribution in [0, 0.1) is 12.8 Å². The van der Waals surface area contributed by atoms with Gasteiger partial charge in [-0.1, -0.05) is 29.8 Å². The van der Waals surface area contributed by atoms with E-state index in [1.54, 1.807) is 0 Å². The molecule has 1 fully saturated rings. The maximum Gasteiger partial charge on any atom is 0.223 e. The van der Waals surface area contributed by atoms with Gasteiger partial charge in [0.15, 0.2) is 0 Å². The topological polar surface area (TPSA) is 20.3 Å². The summed E-state index contributed by atoms with van der Waals surface area (Å²) in [6, 6.07) is 8.32. The van der Waals surface area contributed by atoms with Gasteiger partial charge in [-0.15, -0.1) is 11.6 Å². The fourth-order valence-corrected chi connectivity index (χ4v) is 2.23. The van der Waals surface area contributed by atoms with Crippen molar-refractivity contribution < 1.29 is 4.79 Å². The molecule has 0 radical (unpaired) electrons. The third-order valence-corrected chi connectivity index (χ3v) is 3.44. The molecule has 1 amide bonds. The molecule has 86 valence electrons. The Bertz CT molecular complexity index is 374. The quantitative estimate of drug-likeness (QED) is 0.740. The first-order valence-corrected chi connectivity index (χ1v) is 6.12. The summed E-state index contributed by atoms with van der Waals surface area (Å²) in [5.74, 6) is 1.14. The second-order valence-electron chi connectivity index (χ2n) is 4.48. The van der Waals surface area contributed by atoms with Crippen molar-refractivity contribution in [2.75, 3.05) is 12.4 Å². The monoisotopic (exact) mass is 237 g/mol. The van der Waals surface area contributed by atoms with Crippen LogP contribution in [-0.2, 0) is 11.3 Å². The number of carbonyl (C=O) groups is 1. The summed E-state index contributed by atoms with van der Waals surface area (Å²) < 4.78 is 0. The molecule has 1 heterocycles. The zero-order valence-corrected chi connectivity index (χ0v) is 10.2. The van der Waals surface area contributed by atoms with Gasteiger partial charge in [0.2, 0.25) is 5.91 Å². The molecule has 1 unspecified atom stereocenters. The first-order valence-electron chi connectivity index (χ1n) is 5.58. The molecule has 2 rings (SSSR count). The zero-order valence-electron chi connectivity index (χ0n) is 9.45. The fraction of sp³-hybridized carbons (Fsp3) is 0.462. The van der Waals surface area contributed by atoms with E-state index in [0.29, 0.717) is 24.8 Å². The minimum absolute atomic E-state index is 0.228. The Morgan fingerprint density at radius 1 is 1.38 bits per heavy atom. The molecule has 2 nitrogen and oxygen atoms in total. The Hall–Kier alpha value is -1.02. The Morgan fingerprint density at radius 2 is 2.06 bits per heavy atom. The van der Waals surface area contributed by atoms with Gasteiger partial charge < -0.3 is 4.90 Å². The highest BCUT2D eigenvalue weighted by Crippen LogP contribution is 2.21. The van der Waals surface area contributed by atoms with Gasteiger partial charge in [-0.2, -0.15) is 0 Å². The smallest absolute Gasteiger partial charge is 0.223 e. The number of rotatable bonds is 3. The van der Waals surface area contributed by atoms with E-state index in [-0.39, 0.29) is 5.91 Å². The number of halogens is 1. The number of alkyl halides is 1. The third-order valence-electron chi connectivity index (χ3n) is 3.01. The van der Waals surface area contributed by atoms with Crippen molar-refractivity contribution in [1.82, 2.24) is 4.90 Å². The number of hydrogen-bond acceptors (Lipinski definition) is 1. The van der Waals surface area contributed by atoms with Crippen molar-refractivity contribution in [2.24, 2.45) is 5.92 Å². The molecule has 0 aliphatic carbocycles. The average Bonchev–Trinajstić information content (AvgIpc) is 2.63. The molecule has 1 saturated heterocycles. The minimum Gasteiger partial charge on any atom is -0.338 e. The molecule has 0 N–H and O–H groups in total. The van der Waals surface area contributed by atoms with E-state index in [1.807, 2.05) is 4.90 Å². The van der Waals surface area contributed by atoms with Crippen LogP contribution in [-0.4, -0.2) is 23.2 Å². The summed E-state index contributed by atoms with van der Waals surface area (Å²) in [6.45, 7) is 3.58. The van der Waals surface area contributed by atoms with Gasteiger partial charge in [-0.25, -0.2) is 0 Å². The normalized spacial score (nSPS) is 20.5. The van der Waals surface area contributed by atoms with Crippen LogP contribution < -0.4 is 0 Å². The van der Waals surface area contributed by atoms with E-state index in [2.05, 4.69) is 31.2 Å². The maximum absolute atomic E-state index is 11.7. The zero-order chi connectivity index (χ0) is 11.5. The van der Waals surface area contributed by atoms with E-state index >= 15 is 0 Å². The van der Waals surface area contributed by atoms with Crippen LogP contribution in [0.2, 0.25) is 0 Å². The molecular formula is C13H16ClNO. The number of carbonyl (C=O) groups excluding carboxylic acids is 1. The second kappa shape index (κ2) is 4.88. The first-order chi connectivity index (χ1) is 7.69. The highest BCUT2D eigenvalue weighted by molar-refractivity contribution is 6.18. The highest BCUT2D eigenvalue weighted by Gasteiger charge is 2.28. The summed E-state index contributed by atoms with van der Waals surface area (Å²) in [5.41, 5.74) is 2.43. The molecular weight excluding hydrogens is 222 g/mol. The van der Waals surface area contributed by atoms with Crippen molar-refractivity contribution in [3.8, 4) is 0 Å². The van der Waals surface area contributed by atoms with Gasteiger partial charge >= 0.3 is 0 Å². The molecule has 1 aromatic rings. The van der Waals surface area contributed by atoms with E-state index in [0.717, 1.165) is 6.54 Å². The van der Waals surface area contributed by atoms with E-state index in [1.165, 1.54) is 11.1 Å².